The van der Waals surface area contributed by atoms with Crippen molar-refractivity contribution in [3.63, 3.8) is 0 Å². The molecular weight excluding hydrogens is 562 g/mol. The summed E-state index contributed by atoms with van der Waals surface area (Å²) >= 11 is 6.59. The van der Waals surface area contributed by atoms with Crippen LogP contribution in [-0.2, 0) is 28.7 Å². The molecule has 0 aromatic heterocycles. The van der Waals surface area contributed by atoms with Crippen LogP contribution in [0.15, 0.2) is 48.6 Å². The first-order valence-corrected chi connectivity index (χ1v) is 15.0. The van der Waals surface area contributed by atoms with Gasteiger partial charge in [0.1, 0.15) is 23.7 Å². The molecule has 0 unspecified atom stereocenters. The third-order valence-electron chi connectivity index (χ3n) is 8.97. The van der Waals surface area contributed by atoms with Gasteiger partial charge in [-0.25, -0.2) is 0 Å². The molecule has 4 heterocycles. The Hall–Kier alpha value is -3.21. The standard InChI is InChI=1S/C31H38ClN3O7/c1-4-18(2)22(17-36)35-27-29(39)34(21-11-8-7-10-20(21)32)15-9-5-6-12-24(37)33-16-19(3)41-30(40)25-23-13-14-31(27,42-23)26(25)28(35)38/h5,7-11,13-14,18-19,22-23,25-27,36H,4,6,12,15-17H2,1-3H3,(H,33,37)/b9-5-/t18-,19-,22-,23+,25-,26-,27+,31-/m0/s1. The van der Waals surface area contributed by atoms with E-state index < -0.39 is 59.5 Å². The van der Waals surface area contributed by atoms with Crippen LogP contribution >= 0.6 is 11.6 Å². The van der Waals surface area contributed by atoms with Crippen LogP contribution in [0, 0.1) is 17.8 Å². The predicted molar refractivity (Wildman–Crippen MR) is 155 cm³/mol. The van der Waals surface area contributed by atoms with Crippen molar-refractivity contribution >= 4 is 41.0 Å². The highest BCUT2D eigenvalue weighted by atomic mass is 35.5. The number of cyclic esters (lactones) is 1. The van der Waals surface area contributed by atoms with Crippen LogP contribution in [0.4, 0.5) is 5.69 Å². The summed E-state index contributed by atoms with van der Waals surface area (Å²) < 4.78 is 12.2. The number of carbonyl (C=O) groups excluding carboxylic acids is 4. The quantitative estimate of drug-likeness (QED) is 0.394. The summed E-state index contributed by atoms with van der Waals surface area (Å²) in [4.78, 5) is 58.1. The van der Waals surface area contributed by atoms with Crippen molar-refractivity contribution in [2.75, 3.05) is 24.6 Å². The summed E-state index contributed by atoms with van der Waals surface area (Å²) in [5.74, 6) is -3.85. The van der Waals surface area contributed by atoms with Gasteiger partial charge in [0.05, 0.1) is 41.9 Å². The molecule has 2 N–H and O–H groups in total. The van der Waals surface area contributed by atoms with Crippen LogP contribution in [0.1, 0.15) is 40.0 Å². The van der Waals surface area contributed by atoms with Gasteiger partial charge in [0.15, 0.2) is 0 Å². The Balaban J connectivity index is 1.65. The maximum absolute atomic E-state index is 14.8. The van der Waals surface area contributed by atoms with Crippen molar-refractivity contribution in [1.29, 1.82) is 0 Å². The molecule has 4 aliphatic rings. The minimum Gasteiger partial charge on any atom is -0.460 e. The first-order valence-electron chi connectivity index (χ1n) is 14.6. The number of hydrogen-bond donors (Lipinski definition) is 2. The second-order valence-corrected chi connectivity index (χ2v) is 12.0. The number of para-hydroxylation sites is 1. The zero-order chi connectivity index (χ0) is 30.2. The van der Waals surface area contributed by atoms with Gasteiger partial charge in [-0.15, -0.1) is 0 Å². The number of amides is 3. The van der Waals surface area contributed by atoms with Crippen molar-refractivity contribution < 1.29 is 33.8 Å². The number of ether oxygens (including phenoxy) is 2. The maximum Gasteiger partial charge on any atom is 0.313 e. The van der Waals surface area contributed by atoms with Gasteiger partial charge >= 0.3 is 5.97 Å². The SMILES string of the molecule is CC[C@H](C)[C@H](CO)N1C(=O)[C@@H]2[C@H]3C(=O)O[C@@H](C)CNC(=O)CC/C=C\CN(c4ccccc4Cl)C(=O)[C@@H]1[C@]21C=C[C@H]3O1. The highest BCUT2D eigenvalue weighted by molar-refractivity contribution is 6.34. The van der Waals surface area contributed by atoms with Gasteiger partial charge in [-0.05, 0) is 31.4 Å². The van der Waals surface area contributed by atoms with E-state index in [9.17, 15) is 24.3 Å². The van der Waals surface area contributed by atoms with E-state index in [4.69, 9.17) is 21.1 Å². The number of rotatable bonds is 5. The Labute approximate surface area is 250 Å². The predicted octanol–water partition coefficient (Wildman–Crippen LogP) is 2.63. The smallest absolute Gasteiger partial charge is 0.313 e. The van der Waals surface area contributed by atoms with E-state index in [0.717, 1.165) is 0 Å². The van der Waals surface area contributed by atoms with E-state index in [1.807, 2.05) is 19.9 Å². The number of likely N-dealkylation sites (tertiary alicyclic amines) is 1. The van der Waals surface area contributed by atoms with Crippen molar-refractivity contribution in [2.24, 2.45) is 17.8 Å². The Kier molecular flexibility index (Phi) is 8.78. The zero-order valence-electron chi connectivity index (χ0n) is 24.1. The molecule has 226 valence electrons. The molecule has 0 aliphatic carbocycles. The molecule has 5 bridgehead atoms. The number of anilines is 1. The van der Waals surface area contributed by atoms with Gasteiger partial charge < -0.3 is 29.7 Å². The minimum absolute atomic E-state index is 0.117. The molecular formula is C31H38ClN3O7. The van der Waals surface area contributed by atoms with E-state index in [2.05, 4.69) is 5.32 Å². The van der Waals surface area contributed by atoms with Gasteiger partial charge in [0, 0.05) is 13.0 Å². The molecule has 3 amide bonds. The number of benzene rings is 1. The fraction of sp³-hybridized carbons (Fsp3) is 0.548. The molecule has 2 fully saturated rings. The van der Waals surface area contributed by atoms with Gasteiger partial charge in [-0.3, -0.25) is 19.2 Å². The van der Waals surface area contributed by atoms with Crippen LogP contribution in [-0.4, -0.2) is 83.3 Å². The number of nitrogens with zero attached hydrogens (tertiary/aromatic N) is 2. The number of aliphatic hydroxyl groups excluding tert-OH is 1. The number of fused-ring (bicyclic) bond motifs is 2. The number of carbonyl (C=O) groups is 4. The third kappa shape index (κ3) is 5.14. The third-order valence-corrected chi connectivity index (χ3v) is 9.29. The number of esters is 1. The maximum atomic E-state index is 14.8. The van der Waals surface area contributed by atoms with E-state index in [0.29, 0.717) is 23.6 Å². The van der Waals surface area contributed by atoms with Gasteiger partial charge in [0.25, 0.3) is 5.91 Å². The summed E-state index contributed by atoms with van der Waals surface area (Å²) in [5.41, 5.74) is -0.986. The molecule has 42 heavy (non-hydrogen) atoms. The van der Waals surface area contributed by atoms with Crippen molar-refractivity contribution in [3.8, 4) is 0 Å². The highest BCUT2D eigenvalue weighted by Gasteiger charge is 2.74. The second-order valence-electron chi connectivity index (χ2n) is 11.5. The Morgan fingerprint density at radius 2 is 1.93 bits per heavy atom. The molecule has 0 saturated carbocycles. The van der Waals surface area contributed by atoms with Gasteiger partial charge in [-0.2, -0.15) is 0 Å². The lowest BCUT2D eigenvalue weighted by molar-refractivity contribution is -0.159. The summed E-state index contributed by atoms with van der Waals surface area (Å²) in [6.45, 7) is 5.43. The van der Waals surface area contributed by atoms with Crippen LogP contribution in [0.2, 0.25) is 5.02 Å². The number of hydrogen-bond acceptors (Lipinski definition) is 7. The molecule has 10 nitrogen and oxygen atoms in total. The van der Waals surface area contributed by atoms with Gasteiger partial charge in [0.2, 0.25) is 11.8 Å². The van der Waals surface area contributed by atoms with E-state index in [-0.39, 0.29) is 37.9 Å². The molecule has 1 aromatic carbocycles. The zero-order valence-corrected chi connectivity index (χ0v) is 24.8. The molecule has 5 rings (SSSR count). The number of allylic oxidation sites excluding steroid dienone is 1. The fourth-order valence-electron chi connectivity index (χ4n) is 6.63. The lowest BCUT2D eigenvalue weighted by Crippen LogP contribution is -2.59. The van der Waals surface area contributed by atoms with Crippen LogP contribution in [0.5, 0.6) is 0 Å². The molecule has 2 saturated heterocycles. The van der Waals surface area contributed by atoms with E-state index in [1.54, 1.807) is 49.4 Å². The molecule has 4 aliphatic heterocycles. The average Bonchev–Trinajstić information content (AvgIpc) is 3.61. The Bertz CT molecular complexity index is 1300. The van der Waals surface area contributed by atoms with Crippen molar-refractivity contribution in [1.82, 2.24) is 10.2 Å². The minimum atomic E-state index is -1.43. The molecule has 8 atom stereocenters. The number of halogens is 1. The lowest BCUT2D eigenvalue weighted by Gasteiger charge is -2.40. The number of nitrogens with one attached hydrogen (secondary N) is 1. The monoisotopic (exact) mass is 599 g/mol. The summed E-state index contributed by atoms with van der Waals surface area (Å²) in [7, 11) is 0. The Morgan fingerprint density at radius 1 is 1.17 bits per heavy atom. The molecule has 0 radical (unpaired) electrons. The summed E-state index contributed by atoms with van der Waals surface area (Å²) in [6, 6.07) is 5.08. The average molecular weight is 600 g/mol. The van der Waals surface area contributed by atoms with E-state index >= 15 is 0 Å². The molecule has 1 aromatic rings. The van der Waals surface area contributed by atoms with E-state index in [1.165, 1.54) is 9.80 Å². The molecule has 11 heteroatoms. The largest absolute Gasteiger partial charge is 0.460 e. The van der Waals surface area contributed by atoms with Gasteiger partial charge in [-0.1, -0.05) is 68.3 Å². The Morgan fingerprint density at radius 3 is 2.64 bits per heavy atom. The summed E-state index contributed by atoms with van der Waals surface area (Å²) in [6.07, 6.45) is 6.98. The van der Waals surface area contributed by atoms with Crippen molar-refractivity contribution in [3.05, 3.63) is 53.6 Å². The second kappa shape index (κ2) is 12.2. The van der Waals surface area contributed by atoms with Crippen LogP contribution < -0.4 is 10.2 Å². The summed E-state index contributed by atoms with van der Waals surface area (Å²) in [5, 5.41) is 13.7. The fourth-order valence-corrected chi connectivity index (χ4v) is 6.87. The lowest BCUT2D eigenvalue weighted by atomic mass is 9.74. The van der Waals surface area contributed by atoms with Crippen molar-refractivity contribution in [2.45, 2.75) is 69.9 Å². The van der Waals surface area contributed by atoms with Crippen LogP contribution in [0.3, 0.4) is 0 Å². The first kappa shape index (κ1) is 30.3. The first-order chi connectivity index (χ1) is 20.1. The number of aliphatic hydroxyl groups is 1. The van der Waals surface area contributed by atoms with Crippen LogP contribution in [0.25, 0.3) is 0 Å². The topological polar surface area (TPSA) is 125 Å². The normalized spacial score (nSPS) is 33.8. The molecule has 1 spiro atoms. The highest BCUT2D eigenvalue weighted by Crippen LogP contribution is 2.56.